The number of nitrogens with one attached hydrogen (secondary N) is 1. The summed E-state index contributed by atoms with van der Waals surface area (Å²) in [6.07, 6.45) is 8.63. The molecule has 0 radical (unpaired) electrons. The standard InChI is InChI=1S/C17H31N3O2.ClH/c1-2-3-6-11-19-15(21)14-7-12-20(13-8-14)16(22)17(18)9-4-5-10-17;/h14H,2-13,18H2,1H3,(H,19,21);1H. The Balaban J connectivity index is 0.00000264. The third-order valence-corrected chi connectivity index (χ3v) is 5.15. The van der Waals surface area contributed by atoms with E-state index in [0.29, 0.717) is 13.1 Å². The quantitative estimate of drug-likeness (QED) is 0.725. The summed E-state index contributed by atoms with van der Waals surface area (Å²) >= 11 is 0. The summed E-state index contributed by atoms with van der Waals surface area (Å²) in [5.74, 6) is 0.321. The van der Waals surface area contributed by atoms with Gasteiger partial charge < -0.3 is 16.0 Å². The molecular weight excluding hydrogens is 314 g/mol. The number of carbonyl (C=O) groups is 2. The van der Waals surface area contributed by atoms with Gasteiger partial charge in [-0.05, 0) is 32.1 Å². The highest BCUT2D eigenvalue weighted by molar-refractivity contribution is 5.87. The van der Waals surface area contributed by atoms with Gasteiger partial charge in [0.1, 0.15) is 0 Å². The molecule has 2 fully saturated rings. The minimum atomic E-state index is -0.630. The van der Waals surface area contributed by atoms with E-state index in [0.717, 1.165) is 64.3 Å². The molecule has 0 spiro atoms. The van der Waals surface area contributed by atoms with Gasteiger partial charge in [-0.2, -0.15) is 0 Å². The molecule has 2 rings (SSSR count). The SMILES string of the molecule is CCCCCNC(=O)C1CCN(C(=O)C2(N)CCCC2)CC1.Cl. The highest BCUT2D eigenvalue weighted by Gasteiger charge is 2.41. The number of nitrogens with two attached hydrogens (primary N) is 1. The van der Waals surface area contributed by atoms with Crippen LogP contribution in [0.1, 0.15) is 64.7 Å². The average molecular weight is 346 g/mol. The van der Waals surface area contributed by atoms with Crippen molar-refractivity contribution in [2.75, 3.05) is 19.6 Å². The lowest BCUT2D eigenvalue weighted by molar-refractivity contribution is -0.140. The van der Waals surface area contributed by atoms with Gasteiger partial charge in [0, 0.05) is 25.6 Å². The van der Waals surface area contributed by atoms with Gasteiger partial charge >= 0.3 is 0 Å². The molecule has 6 heteroatoms. The molecule has 1 saturated heterocycles. The number of likely N-dealkylation sites (tertiary alicyclic amines) is 1. The maximum atomic E-state index is 12.5. The van der Waals surface area contributed by atoms with E-state index < -0.39 is 5.54 Å². The van der Waals surface area contributed by atoms with Crippen molar-refractivity contribution < 1.29 is 9.59 Å². The minimum Gasteiger partial charge on any atom is -0.356 e. The van der Waals surface area contributed by atoms with E-state index in [1.165, 1.54) is 0 Å². The number of amides is 2. The Morgan fingerprint density at radius 1 is 1.17 bits per heavy atom. The average Bonchev–Trinajstić information content (AvgIpc) is 2.99. The van der Waals surface area contributed by atoms with E-state index in [4.69, 9.17) is 5.73 Å². The molecule has 2 amide bonds. The summed E-state index contributed by atoms with van der Waals surface area (Å²) in [7, 11) is 0. The van der Waals surface area contributed by atoms with Crippen LogP contribution in [-0.2, 0) is 9.59 Å². The molecule has 23 heavy (non-hydrogen) atoms. The van der Waals surface area contributed by atoms with Crippen LogP contribution < -0.4 is 11.1 Å². The third kappa shape index (κ3) is 5.35. The summed E-state index contributed by atoms with van der Waals surface area (Å²) < 4.78 is 0. The Bertz CT molecular complexity index is 389. The molecule has 3 N–H and O–H groups in total. The summed E-state index contributed by atoms with van der Waals surface area (Å²) in [5.41, 5.74) is 5.62. The Labute approximate surface area is 146 Å². The summed E-state index contributed by atoms with van der Waals surface area (Å²) in [4.78, 5) is 26.5. The number of nitrogens with zero attached hydrogens (tertiary/aromatic N) is 1. The Hall–Kier alpha value is -0.810. The second-order valence-electron chi connectivity index (χ2n) is 6.93. The van der Waals surface area contributed by atoms with E-state index in [1.807, 2.05) is 4.90 Å². The molecule has 1 heterocycles. The monoisotopic (exact) mass is 345 g/mol. The summed E-state index contributed by atoms with van der Waals surface area (Å²) in [5, 5.41) is 3.03. The smallest absolute Gasteiger partial charge is 0.242 e. The number of hydrogen-bond acceptors (Lipinski definition) is 3. The number of piperidine rings is 1. The van der Waals surface area contributed by atoms with Crippen molar-refractivity contribution in [1.29, 1.82) is 0 Å². The first kappa shape index (κ1) is 20.2. The van der Waals surface area contributed by atoms with Crippen molar-refractivity contribution in [3.63, 3.8) is 0 Å². The van der Waals surface area contributed by atoms with Crippen molar-refractivity contribution in [3.05, 3.63) is 0 Å². The van der Waals surface area contributed by atoms with Crippen molar-refractivity contribution in [3.8, 4) is 0 Å². The molecule has 0 bridgehead atoms. The van der Waals surface area contributed by atoms with E-state index in [-0.39, 0.29) is 30.1 Å². The molecule has 0 atom stereocenters. The molecule has 1 aliphatic carbocycles. The van der Waals surface area contributed by atoms with Crippen LogP contribution in [0.15, 0.2) is 0 Å². The molecule has 0 aromatic carbocycles. The fourth-order valence-electron chi connectivity index (χ4n) is 3.61. The third-order valence-electron chi connectivity index (χ3n) is 5.15. The number of unbranched alkanes of at least 4 members (excludes halogenated alkanes) is 2. The van der Waals surface area contributed by atoms with Crippen LogP contribution in [0.5, 0.6) is 0 Å². The van der Waals surface area contributed by atoms with Crippen LogP contribution in [0.25, 0.3) is 0 Å². The van der Waals surface area contributed by atoms with Crippen LogP contribution in [-0.4, -0.2) is 41.9 Å². The first-order valence-electron chi connectivity index (χ1n) is 8.93. The first-order valence-corrected chi connectivity index (χ1v) is 8.93. The van der Waals surface area contributed by atoms with Crippen LogP contribution in [0.3, 0.4) is 0 Å². The zero-order chi connectivity index (χ0) is 16.0. The number of hydrogen-bond donors (Lipinski definition) is 2. The second kappa shape index (κ2) is 9.48. The van der Waals surface area contributed by atoms with Crippen molar-refractivity contribution >= 4 is 24.2 Å². The maximum absolute atomic E-state index is 12.5. The van der Waals surface area contributed by atoms with Crippen molar-refractivity contribution in [1.82, 2.24) is 10.2 Å². The normalized spacial score (nSPS) is 20.9. The van der Waals surface area contributed by atoms with Crippen LogP contribution in [0.4, 0.5) is 0 Å². The highest BCUT2D eigenvalue weighted by Crippen LogP contribution is 2.30. The Morgan fingerprint density at radius 2 is 1.78 bits per heavy atom. The van der Waals surface area contributed by atoms with Gasteiger partial charge in [-0.15, -0.1) is 12.4 Å². The van der Waals surface area contributed by atoms with Gasteiger partial charge in [0.05, 0.1) is 5.54 Å². The highest BCUT2D eigenvalue weighted by atomic mass is 35.5. The molecular formula is C17H32ClN3O2. The topological polar surface area (TPSA) is 75.4 Å². The van der Waals surface area contributed by atoms with Gasteiger partial charge in [0.2, 0.25) is 11.8 Å². The van der Waals surface area contributed by atoms with Gasteiger partial charge in [0.15, 0.2) is 0 Å². The number of rotatable bonds is 6. The lowest BCUT2D eigenvalue weighted by atomic mass is 9.92. The van der Waals surface area contributed by atoms with Gasteiger partial charge in [0.25, 0.3) is 0 Å². The zero-order valence-electron chi connectivity index (χ0n) is 14.3. The second-order valence-corrected chi connectivity index (χ2v) is 6.93. The van der Waals surface area contributed by atoms with Gasteiger partial charge in [-0.3, -0.25) is 9.59 Å². The minimum absolute atomic E-state index is 0. The van der Waals surface area contributed by atoms with E-state index in [9.17, 15) is 9.59 Å². The van der Waals surface area contributed by atoms with Crippen molar-refractivity contribution in [2.24, 2.45) is 11.7 Å². The predicted molar refractivity (Wildman–Crippen MR) is 94.5 cm³/mol. The number of halogens is 1. The molecule has 0 unspecified atom stereocenters. The van der Waals surface area contributed by atoms with Crippen LogP contribution in [0.2, 0.25) is 0 Å². The molecule has 2 aliphatic rings. The lowest BCUT2D eigenvalue weighted by Gasteiger charge is -2.36. The van der Waals surface area contributed by atoms with E-state index in [2.05, 4.69) is 12.2 Å². The molecule has 1 aliphatic heterocycles. The van der Waals surface area contributed by atoms with Crippen LogP contribution in [0, 0.1) is 5.92 Å². The fourth-order valence-corrected chi connectivity index (χ4v) is 3.61. The van der Waals surface area contributed by atoms with E-state index in [1.54, 1.807) is 0 Å². The molecule has 134 valence electrons. The lowest BCUT2D eigenvalue weighted by Crippen LogP contribution is -2.55. The van der Waals surface area contributed by atoms with Gasteiger partial charge in [-0.25, -0.2) is 0 Å². The summed E-state index contributed by atoms with van der Waals surface area (Å²) in [6, 6.07) is 0. The number of carbonyl (C=O) groups excluding carboxylic acids is 2. The first-order chi connectivity index (χ1) is 10.6. The van der Waals surface area contributed by atoms with Gasteiger partial charge in [-0.1, -0.05) is 32.6 Å². The largest absolute Gasteiger partial charge is 0.356 e. The van der Waals surface area contributed by atoms with Crippen molar-refractivity contribution in [2.45, 2.75) is 70.3 Å². The fraction of sp³-hybridized carbons (Fsp3) is 0.882. The molecule has 1 saturated carbocycles. The Kier molecular flexibility index (Phi) is 8.34. The van der Waals surface area contributed by atoms with E-state index >= 15 is 0 Å². The molecule has 0 aromatic heterocycles. The van der Waals surface area contributed by atoms with Crippen LogP contribution >= 0.6 is 12.4 Å². The molecule has 0 aromatic rings. The zero-order valence-corrected chi connectivity index (χ0v) is 15.1. The molecule has 5 nitrogen and oxygen atoms in total. The maximum Gasteiger partial charge on any atom is 0.242 e. The predicted octanol–water partition coefficient (Wildman–Crippen LogP) is 2.22. The Morgan fingerprint density at radius 3 is 2.35 bits per heavy atom. The summed E-state index contributed by atoms with van der Waals surface area (Å²) in [6.45, 7) is 4.27.